The zero-order valence-corrected chi connectivity index (χ0v) is 16.6. The molecule has 1 saturated heterocycles. The molecule has 0 bridgehead atoms. The predicted octanol–water partition coefficient (Wildman–Crippen LogP) is 3.79. The van der Waals surface area contributed by atoms with Crippen LogP contribution in [0.5, 0.6) is 0 Å². The molecule has 142 valence electrons. The van der Waals surface area contributed by atoms with Crippen LogP contribution in [0.1, 0.15) is 51.7 Å². The standard InChI is InChI=1S/C17H24N4O3S2/c1-17(2)14(21(23)15(22)19-12-7-4-3-5-8-12)20(16(25)26-17)18-11-13-9-6-10-24-13/h6,9-12,14,23H,3-5,7-8H2,1-2H3,(H,19,22)/b18-11-/t14-/m1/s1. The summed E-state index contributed by atoms with van der Waals surface area (Å²) in [6, 6.07) is 3.12. The summed E-state index contributed by atoms with van der Waals surface area (Å²) >= 11 is 6.80. The van der Waals surface area contributed by atoms with Gasteiger partial charge in [-0.15, -0.1) is 0 Å². The lowest BCUT2D eigenvalue weighted by Gasteiger charge is -2.35. The van der Waals surface area contributed by atoms with Crippen LogP contribution in [-0.2, 0) is 0 Å². The van der Waals surface area contributed by atoms with E-state index in [1.807, 2.05) is 13.8 Å². The minimum absolute atomic E-state index is 0.107. The Morgan fingerprint density at radius 2 is 2.23 bits per heavy atom. The Morgan fingerprint density at radius 3 is 2.88 bits per heavy atom. The normalized spacial score (nSPS) is 23.6. The van der Waals surface area contributed by atoms with Gasteiger partial charge in [0.1, 0.15) is 5.76 Å². The van der Waals surface area contributed by atoms with Gasteiger partial charge in [0.25, 0.3) is 0 Å². The summed E-state index contributed by atoms with van der Waals surface area (Å²) in [5.74, 6) is 0.567. The molecule has 1 saturated carbocycles. The van der Waals surface area contributed by atoms with Crippen molar-refractivity contribution < 1.29 is 14.4 Å². The van der Waals surface area contributed by atoms with Crippen molar-refractivity contribution in [3.8, 4) is 0 Å². The number of hydrogen-bond acceptors (Lipinski definition) is 6. The first kappa shape index (κ1) is 19.2. The van der Waals surface area contributed by atoms with Crippen LogP contribution in [0.3, 0.4) is 0 Å². The Hall–Kier alpha value is -1.58. The molecular formula is C17H24N4O3S2. The van der Waals surface area contributed by atoms with E-state index >= 15 is 0 Å². The number of thiocarbonyl (C=S) groups is 1. The molecule has 9 heteroatoms. The molecule has 1 aromatic heterocycles. The topological polar surface area (TPSA) is 81.3 Å². The number of hydrogen-bond donors (Lipinski definition) is 2. The van der Waals surface area contributed by atoms with E-state index in [9.17, 15) is 10.0 Å². The molecule has 2 aliphatic rings. The Bertz CT molecular complexity index is 672. The van der Waals surface area contributed by atoms with E-state index in [-0.39, 0.29) is 6.04 Å². The lowest BCUT2D eigenvalue weighted by atomic mass is 9.96. The minimum Gasteiger partial charge on any atom is -0.463 e. The van der Waals surface area contributed by atoms with Gasteiger partial charge in [0.15, 0.2) is 10.5 Å². The van der Waals surface area contributed by atoms with Gasteiger partial charge in [-0.05, 0) is 38.8 Å². The lowest BCUT2D eigenvalue weighted by molar-refractivity contribution is -0.119. The molecule has 1 aliphatic carbocycles. The Morgan fingerprint density at radius 1 is 1.50 bits per heavy atom. The number of rotatable bonds is 4. The van der Waals surface area contributed by atoms with Crippen molar-refractivity contribution >= 4 is 40.5 Å². The van der Waals surface area contributed by atoms with E-state index in [1.54, 1.807) is 18.4 Å². The molecule has 0 unspecified atom stereocenters. The van der Waals surface area contributed by atoms with Crippen LogP contribution < -0.4 is 5.32 Å². The Labute approximate surface area is 162 Å². The number of hydroxylamine groups is 2. The average molecular weight is 397 g/mol. The predicted molar refractivity (Wildman–Crippen MR) is 105 cm³/mol. The summed E-state index contributed by atoms with van der Waals surface area (Å²) in [5, 5.41) is 20.1. The number of nitrogens with zero attached hydrogens (tertiary/aromatic N) is 3. The van der Waals surface area contributed by atoms with Crippen LogP contribution in [0.4, 0.5) is 4.79 Å². The molecule has 26 heavy (non-hydrogen) atoms. The molecule has 1 aromatic rings. The van der Waals surface area contributed by atoms with Crippen molar-refractivity contribution in [2.24, 2.45) is 5.10 Å². The number of carbonyl (C=O) groups excluding carboxylic acids is 1. The number of urea groups is 1. The van der Waals surface area contributed by atoms with E-state index in [0.29, 0.717) is 10.1 Å². The Balaban J connectivity index is 1.74. The van der Waals surface area contributed by atoms with Crippen molar-refractivity contribution in [1.29, 1.82) is 0 Å². The number of carbonyl (C=O) groups is 1. The smallest absolute Gasteiger partial charge is 0.343 e. The second-order valence-electron chi connectivity index (χ2n) is 7.08. The maximum atomic E-state index is 12.6. The van der Waals surface area contributed by atoms with Gasteiger partial charge in [0.05, 0.1) is 17.2 Å². The second-order valence-corrected chi connectivity index (χ2v) is 9.37. The maximum Gasteiger partial charge on any atom is 0.343 e. The number of furan rings is 1. The van der Waals surface area contributed by atoms with Gasteiger partial charge in [-0.25, -0.2) is 9.80 Å². The van der Waals surface area contributed by atoms with E-state index in [4.69, 9.17) is 16.6 Å². The molecule has 7 nitrogen and oxygen atoms in total. The fourth-order valence-electron chi connectivity index (χ4n) is 3.31. The van der Waals surface area contributed by atoms with E-state index in [0.717, 1.165) is 30.7 Å². The fraction of sp³-hybridized carbons (Fsp3) is 0.588. The number of amides is 2. The summed E-state index contributed by atoms with van der Waals surface area (Å²) in [4.78, 5) is 12.6. The molecule has 0 radical (unpaired) electrons. The highest BCUT2D eigenvalue weighted by molar-refractivity contribution is 8.24. The van der Waals surface area contributed by atoms with Crippen LogP contribution in [0, 0.1) is 0 Å². The summed E-state index contributed by atoms with van der Waals surface area (Å²) in [5.41, 5.74) is 0. The SMILES string of the molecule is CC1(C)SC(=S)N(/N=C\c2ccco2)[C@@H]1N(O)C(=O)NC1CCCCC1. The fourth-order valence-corrected chi connectivity index (χ4v) is 5.10. The van der Waals surface area contributed by atoms with Crippen LogP contribution in [0.25, 0.3) is 0 Å². The van der Waals surface area contributed by atoms with Crippen molar-refractivity contribution in [2.75, 3.05) is 0 Å². The van der Waals surface area contributed by atoms with Gasteiger partial charge >= 0.3 is 6.03 Å². The van der Waals surface area contributed by atoms with E-state index in [1.165, 1.54) is 29.4 Å². The van der Waals surface area contributed by atoms with Gasteiger partial charge in [0, 0.05) is 6.04 Å². The number of thioether (sulfide) groups is 1. The van der Waals surface area contributed by atoms with Crippen molar-refractivity contribution in [3.05, 3.63) is 24.2 Å². The third kappa shape index (κ3) is 4.21. The summed E-state index contributed by atoms with van der Waals surface area (Å²) in [7, 11) is 0. The van der Waals surface area contributed by atoms with Gasteiger partial charge in [-0.2, -0.15) is 10.2 Å². The average Bonchev–Trinajstić information content (AvgIpc) is 3.18. The highest BCUT2D eigenvalue weighted by Gasteiger charge is 2.50. The molecule has 2 heterocycles. The third-order valence-electron chi connectivity index (χ3n) is 4.62. The highest BCUT2D eigenvalue weighted by Crippen LogP contribution is 2.42. The van der Waals surface area contributed by atoms with Crippen molar-refractivity contribution in [1.82, 2.24) is 15.4 Å². The largest absolute Gasteiger partial charge is 0.463 e. The van der Waals surface area contributed by atoms with E-state index < -0.39 is 16.9 Å². The first-order chi connectivity index (χ1) is 12.4. The molecular weight excluding hydrogens is 372 g/mol. The molecule has 2 fully saturated rings. The summed E-state index contributed by atoms with van der Waals surface area (Å²) < 4.78 is 5.22. The molecule has 0 spiro atoms. The molecule has 1 aliphatic heterocycles. The number of hydrazone groups is 1. The zero-order chi connectivity index (χ0) is 18.7. The molecule has 1 atom stereocenters. The molecule has 2 amide bonds. The molecule has 2 N–H and O–H groups in total. The highest BCUT2D eigenvalue weighted by atomic mass is 32.2. The number of nitrogens with one attached hydrogen (secondary N) is 1. The van der Waals surface area contributed by atoms with E-state index in [2.05, 4.69) is 10.4 Å². The summed E-state index contributed by atoms with van der Waals surface area (Å²) in [6.07, 6.45) is 7.65. The second kappa shape index (κ2) is 7.98. The zero-order valence-electron chi connectivity index (χ0n) is 14.9. The van der Waals surface area contributed by atoms with Gasteiger partial charge in [-0.1, -0.05) is 43.2 Å². The third-order valence-corrected chi connectivity index (χ3v) is 6.15. The van der Waals surface area contributed by atoms with Crippen molar-refractivity contribution in [3.63, 3.8) is 0 Å². The maximum absolute atomic E-state index is 12.6. The van der Waals surface area contributed by atoms with Crippen LogP contribution in [-0.4, -0.2) is 48.8 Å². The van der Waals surface area contributed by atoms with Crippen LogP contribution >= 0.6 is 24.0 Å². The van der Waals surface area contributed by atoms with Crippen LogP contribution in [0.15, 0.2) is 27.9 Å². The minimum atomic E-state index is -0.713. The monoisotopic (exact) mass is 396 g/mol. The Kier molecular flexibility index (Phi) is 5.89. The first-order valence-electron chi connectivity index (χ1n) is 8.77. The van der Waals surface area contributed by atoms with Gasteiger partial charge in [-0.3, -0.25) is 5.21 Å². The van der Waals surface area contributed by atoms with Crippen LogP contribution in [0.2, 0.25) is 0 Å². The van der Waals surface area contributed by atoms with Gasteiger partial charge < -0.3 is 9.73 Å². The quantitative estimate of drug-likeness (QED) is 0.349. The van der Waals surface area contributed by atoms with Gasteiger partial charge in [0.2, 0.25) is 0 Å². The molecule has 0 aromatic carbocycles. The summed E-state index contributed by atoms with van der Waals surface area (Å²) in [6.45, 7) is 3.85. The lowest BCUT2D eigenvalue weighted by Crippen LogP contribution is -2.57. The molecule has 3 rings (SSSR count). The van der Waals surface area contributed by atoms with Crippen molar-refractivity contribution in [2.45, 2.75) is 62.9 Å². The first-order valence-corrected chi connectivity index (χ1v) is 9.99.